The van der Waals surface area contributed by atoms with Gasteiger partial charge in [0, 0.05) is 12.1 Å². The largest absolute Gasteiger partial charge is 0.352 e. The number of halogens is 2. The Labute approximate surface area is 112 Å². The summed E-state index contributed by atoms with van der Waals surface area (Å²) in [4.78, 5) is 11.7. The summed E-state index contributed by atoms with van der Waals surface area (Å²) < 4.78 is 3.12. The van der Waals surface area contributed by atoms with Crippen molar-refractivity contribution in [3.8, 4) is 0 Å². The van der Waals surface area contributed by atoms with E-state index in [-0.39, 0.29) is 18.5 Å². The smallest absolute Gasteiger partial charge is 0.241 e. The summed E-state index contributed by atoms with van der Waals surface area (Å²) >= 11 is 6.59. The molecule has 0 aromatic carbocycles. The van der Waals surface area contributed by atoms with E-state index in [2.05, 4.69) is 49.2 Å². The van der Waals surface area contributed by atoms with Gasteiger partial charge in [-0.15, -0.1) is 0 Å². The fraction of sp³-hybridized carbons (Fsp3) is 0.600. The minimum absolute atomic E-state index is 0.0164. The van der Waals surface area contributed by atoms with E-state index in [4.69, 9.17) is 0 Å². The molecule has 0 bridgehead atoms. The maximum absolute atomic E-state index is 11.7. The number of nitrogens with one attached hydrogen (secondary N) is 1. The molecule has 1 aromatic rings. The molecule has 0 radical (unpaired) electrons. The standard InChI is InChI=1S/C10H15Br2N3O/c1-3-4-7(2)13-10(16)6-15-9(12)5-8(11)14-15/h5,7H,3-4,6H2,1-2H3,(H,13,16). The van der Waals surface area contributed by atoms with Crippen molar-refractivity contribution in [2.24, 2.45) is 0 Å². The van der Waals surface area contributed by atoms with Crippen LogP contribution >= 0.6 is 31.9 Å². The summed E-state index contributed by atoms with van der Waals surface area (Å²) in [6, 6.07) is 2.03. The zero-order valence-electron chi connectivity index (χ0n) is 9.33. The van der Waals surface area contributed by atoms with Gasteiger partial charge < -0.3 is 5.32 Å². The van der Waals surface area contributed by atoms with Gasteiger partial charge in [0.1, 0.15) is 15.8 Å². The van der Waals surface area contributed by atoms with Gasteiger partial charge in [0.25, 0.3) is 0 Å². The van der Waals surface area contributed by atoms with E-state index in [0.29, 0.717) is 4.60 Å². The summed E-state index contributed by atoms with van der Waals surface area (Å²) in [5, 5.41) is 7.06. The molecule has 1 rings (SSSR count). The van der Waals surface area contributed by atoms with Gasteiger partial charge in [-0.3, -0.25) is 4.79 Å². The number of rotatable bonds is 5. The first-order chi connectivity index (χ1) is 7.52. The lowest BCUT2D eigenvalue weighted by Gasteiger charge is -2.12. The molecule has 1 atom stereocenters. The van der Waals surface area contributed by atoms with Gasteiger partial charge in [0.05, 0.1) is 0 Å². The zero-order valence-corrected chi connectivity index (χ0v) is 12.5. The quantitative estimate of drug-likeness (QED) is 0.885. The summed E-state index contributed by atoms with van der Waals surface area (Å²) in [6.45, 7) is 4.35. The number of hydrogen-bond acceptors (Lipinski definition) is 2. The first-order valence-electron chi connectivity index (χ1n) is 5.21. The first-order valence-corrected chi connectivity index (χ1v) is 6.79. The lowest BCUT2D eigenvalue weighted by atomic mass is 10.2. The molecule has 1 aromatic heterocycles. The minimum Gasteiger partial charge on any atom is -0.352 e. The Morgan fingerprint density at radius 2 is 2.31 bits per heavy atom. The molecule has 1 heterocycles. The Balaban J connectivity index is 2.48. The van der Waals surface area contributed by atoms with E-state index in [1.54, 1.807) is 4.68 Å². The van der Waals surface area contributed by atoms with Crippen molar-refractivity contribution in [1.29, 1.82) is 0 Å². The number of carbonyl (C=O) groups is 1. The van der Waals surface area contributed by atoms with Gasteiger partial charge in [-0.1, -0.05) is 13.3 Å². The predicted octanol–water partition coefficient (Wildman–Crippen LogP) is 2.71. The molecule has 0 aliphatic carbocycles. The van der Waals surface area contributed by atoms with Crippen LogP contribution in [0.2, 0.25) is 0 Å². The van der Waals surface area contributed by atoms with Crippen LogP contribution in [0, 0.1) is 0 Å². The van der Waals surface area contributed by atoms with E-state index in [1.807, 2.05) is 13.0 Å². The minimum atomic E-state index is -0.0164. The van der Waals surface area contributed by atoms with E-state index >= 15 is 0 Å². The zero-order chi connectivity index (χ0) is 12.1. The third kappa shape index (κ3) is 4.25. The molecule has 0 saturated carbocycles. The number of aromatic nitrogens is 2. The lowest BCUT2D eigenvalue weighted by Crippen LogP contribution is -2.35. The van der Waals surface area contributed by atoms with E-state index in [1.165, 1.54) is 0 Å². The molecule has 4 nitrogen and oxygen atoms in total. The van der Waals surface area contributed by atoms with Gasteiger partial charge in [-0.2, -0.15) is 5.10 Å². The molecular weight excluding hydrogens is 338 g/mol. The van der Waals surface area contributed by atoms with Gasteiger partial charge in [-0.05, 0) is 45.2 Å². The van der Waals surface area contributed by atoms with Crippen LogP contribution in [0.25, 0.3) is 0 Å². The molecule has 90 valence electrons. The van der Waals surface area contributed by atoms with Crippen molar-refractivity contribution in [3.63, 3.8) is 0 Å². The van der Waals surface area contributed by atoms with Crippen LogP contribution in [0.15, 0.2) is 15.3 Å². The van der Waals surface area contributed by atoms with Crippen LogP contribution in [0.5, 0.6) is 0 Å². The molecular formula is C10H15Br2N3O. The third-order valence-corrected chi connectivity index (χ3v) is 3.15. The van der Waals surface area contributed by atoms with Crippen LogP contribution < -0.4 is 5.32 Å². The molecule has 0 saturated heterocycles. The molecule has 1 unspecified atom stereocenters. The van der Waals surface area contributed by atoms with Crippen molar-refractivity contribution < 1.29 is 4.79 Å². The summed E-state index contributed by atoms with van der Waals surface area (Å²) in [5.41, 5.74) is 0. The van der Waals surface area contributed by atoms with Crippen LogP contribution in [0.1, 0.15) is 26.7 Å². The second-order valence-corrected chi connectivity index (χ2v) is 5.33. The van der Waals surface area contributed by atoms with Crippen molar-refractivity contribution >= 4 is 37.8 Å². The molecule has 0 aliphatic heterocycles. The predicted molar refractivity (Wildman–Crippen MR) is 70.1 cm³/mol. The van der Waals surface area contributed by atoms with Crippen LogP contribution in [0.3, 0.4) is 0 Å². The highest BCUT2D eigenvalue weighted by Gasteiger charge is 2.10. The second kappa shape index (κ2) is 6.39. The Bertz CT molecular complexity index is 365. The Kier molecular flexibility index (Phi) is 5.48. The van der Waals surface area contributed by atoms with Crippen LogP contribution in [-0.4, -0.2) is 21.7 Å². The van der Waals surface area contributed by atoms with Crippen LogP contribution in [-0.2, 0) is 11.3 Å². The monoisotopic (exact) mass is 351 g/mol. The van der Waals surface area contributed by atoms with Crippen molar-refractivity contribution in [2.75, 3.05) is 0 Å². The fourth-order valence-corrected chi connectivity index (χ4v) is 2.57. The SMILES string of the molecule is CCCC(C)NC(=O)Cn1nc(Br)cc1Br. The molecule has 0 aliphatic rings. The summed E-state index contributed by atoms with van der Waals surface area (Å²) in [5.74, 6) is -0.0164. The topological polar surface area (TPSA) is 46.9 Å². The maximum Gasteiger partial charge on any atom is 0.241 e. The first kappa shape index (κ1) is 13.7. The van der Waals surface area contributed by atoms with E-state index in [9.17, 15) is 4.79 Å². The van der Waals surface area contributed by atoms with E-state index < -0.39 is 0 Å². The lowest BCUT2D eigenvalue weighted by molar-refractivity contribution is -0.122. The number of carbonyl (C=O) groups excluding carboxylic acids is 1. The molecule has 1 N–H and O–H groups in total. The highest BCUT2D eigenvalue weighted by Crippen LogP contribution is 2.15. The number of nitrogens with zero attached hydrogens (tertiary/aromatic N) is 2. The highest BCUT2D eigenvalue weighted by atomic mass is 79.9. The third-order valence-electron chi connectivity index (χ3n) is 2.12. The normalized spacial score (nSPS) is 12.5. The molecule has 6 heteroatoms. The van der Waals surface area contributed by atoms with Gasteiger partial charge in [-0.25, -0.2) is 4.68 Å². The van der Waals surface area contributed by atoms with E-state index in [0.717, 1.165) is 17.4 Å². The molecule has 0 spiro atoms. The average Bonchev–Trinajstić information content (AvgIpc) is 2.44. The van der Waals surface area contributed by atoms with Gasteiger partial charge >= 0.3 is 0 Å². The number of hydrogen-bond donors (Lipinski definition) is 1. The highest BCUT2D eigenvalue weighted by molar-refractivity contribution is 9.11. The number of amides is 1. The summed E-state index contributed by atoms with van der Waals surface area (Å²) in [7, 11) is 0. The van der Waals surface area contributed by atoms with Crippen LogP contribution in [0.4, 0.5) is 0 Å². The molecule has 1 amide bonds. The van der Waals surface area contributed by atoms with Crippen molar-refractivity contribution in [1.82, 2.24) is 15.1 Å². The fourth-order valence-electron chi connectivity index (χ4n) is 1.44. The van der Waals surface area contributed by atoms with Crippen molar-refractivity contribution in [2.45, 2.75) is 39.3 Å². The Morgan fingerprint density at radius 3 is 2.81 bits per heavy atom. The molecule has 0 fully saturated rings. The summed E-state index contributed by atoms with van der Waals surface area (Å²) in [6.07, 6.45) is 2.06. The maximum atomic E-state index is 11.7. The van der Waals surface area contributed by atoms with Crippen molar-refractivity contribution in [3.05, 3.63) is 15.3 Å². The average molecular weight is 353 g/mol. The van der Waals surface area contributed by atoms with Gasteiger partial charge in [0.2, 0.25) is 5.91 Å². The Morgan fingerprint density at radius 1 is 1.62 bits per heavy atom. The molecule has 16 heavy (non-hydrogen) atoms. The second-order valence-electron chi connectivity index (χ2n) is 3.70. The Hall–Kier alpha value is -0.360. The van der Waals surface area contributed by atoms with Gasteiger partial charge in [0.15, 0.2) is 0 Å².